The van der Waals surface area contributed by atoms with Gasteiger partial charge < -0.3 is 9.80 Å². The van der Waals surface area contributed by atoms with Gasteiger partial charge in [0.15, 0.2) is 5.82 Å². The molecular formula is C10H19ClN6. The predicted octanol–water partition coefficient (Wildman–Crippen LogP) is 0.804. The number of nitrogen functional groups attached to an aromatic ring is 1. The van der Waals surface area contributed by atoms with Crippen LogP contribution in [0, 0.1) is 0 Å². The lowest BCUT2D eigenvalue weighted by Crippen LogP contribution is -2.25. The van der Waals surface area contributed by atoms with E-state index >= 15 is 0 Å². The van der Waals surface area contributed by atoms with Crippen molar-refractivity contribution >= 4 is 23.4 Å². The van der Waals surface area contributed by atoms with Crippen LogP contribution in [0.1, 0.15) is 6.42 Å². The monoisotopic (exact) mass is 258 g/mol. The summed E-state index contributed by atoms with van der Waals surface area (Å²) in [6.07, 6.45) is 2.58. The van der Waals surface area contributed by atoms with Crippen molar-refractivity contribution in [2.75, 3.05) is 44.6 Å². The fourth-order valence-corrected chi connectivity index (χ4v) is 1.66. The van der Waals surface area contributed by atoms with Gasteiger partial charge in [0.2, 0.25) is 5.95 Å². The number of nitrogens with one attached hydrogen (secondary N) is 1. The van der Waals surface area contributed by atoms with E-state index in [1.54, 1.807) is 6.20 Å². The van der Waals surface area contributed by atoms with Gasteiger partial charge in [-0.2, -0.15) is 4.98 Å². The molecule has 0 aliphatic heterocycles. The zero-order valence-corrected chi connectivity index (χ0v) is 11.2. The van der Waals surface area contributed by atoms with Gasteiger partial charge >= 0.3 is 0 Å². The van der Waals surface area contributed by atoms with E-state index in [4.69, 9.17) is 17.4 Å². The Hall–Kier alpha value is -1.11. The second-order valence-corrected chi connectivity index (χ2v) is 4.50. The van der Waals surface area contributed by atoms with Crippen LogP contribution in [-0.2, 0) is 0 Å². The Morgan fingerprint density at radius 2 is 2.06 bits per heavy atom. The molecule has 0 saturated carbocycles. The Morgan fingerprint density at radius 3 is 2.65 bits per heavy atom. The van der Waals surface area contributed by atoms with E-state index < -0.39 is 0 Å². The van der Waals surface area contributed by atoms with Gasteiger partial charge in [-0.25, -0.2) is 10.8 Å². The Balaban J connectivity index is 2.64. The molecule has 0 aliphatic carbocycles. The first-order valence-corrected chi connectivity index (χ1v) is 5.77. The van der Waals surface area contributed by atoms with Crippen LogP contribution >= 0.6 is 11.6 Å². The number of halogens is 1. The lowest BCUT2D eigenvalue weighted by Gasteiger charge is -2.20. The van der Waals surface area contributed by atoms with Crippen molar-refractivity contribution in [2.24, 2.45) is 5.84 Å². The molecule has 1 heterocycles. The molecule has 6 nitrogen and oxygen atoms in total. The molecule has 0 amide bonds. The minimum absolute atomic E-state index is 0.365. The molecule has 0 unspecified atom stereocenters. The van der Waals surface area contributed by atoms with Crippen LogP contribution in [0.5, 0.6) is 0 Å². The summed E-state index contributed by atoms with van der Waals surface area (Å²) in [6, 6.07) is 0. The summed E-state index contributed by atoms with van der Waals surface area (Å²) in [6.45, 7) is 1.90. The average Bonchev–Trinajstić information content (AvgIpc) is 2.29. The standard InChI is InChI=1S/C10H19ClN6/c1-16(2)5-4-6-17(3)9-8(11)7-13-10(14-9)15-12/h7H,4-6,12H2,1-3H3,(H,13,14,15). The second-order valence-electron chi connectivity index (χ2n) is 4.09. The highest BCUT2D eigenvalue weighted by atomic mass is 35.5. The van der Waals surface area contributed by atoms with E-state index in [0.717, 1.165) is 19.5 Å². The van der Waals surface area contributed by atoms with Crippen molar-refractivity contribution in [1.82, 2.24) is 14.9 Å². The summed E-state index contributed by atoms with van der Waals surface area (Å²) in [5, 5.41) is 0.524. The van der Waals surface area contributed by atoms with Crippen LogP contribution in [0.2, 0.25) is 5.02 Å². The van der Waals surface area contributed by atoms with E-state index in [0.29, 0.717) is 16.8 Å². The molecule has 0 aliphatic rings. The molecule has 0 spiro atoms. The normalized spacial score (nSPS) is 10.7. The van der Waals surface area contributed by atoms with E-state index in [9.17, 15) is 0 Å². The van der Waals surface area contributed by atoms with E-state index in [2.05, 4.69) is 20.3 Å². The average molecular weight is 259 g/mol. The first kappa shape index (κ1) is 14.0. The minimum atomic E-state index is 0.365. The number of hydrogen-bond acceptors (Lipinski definition) is 6. The van der Waals surface area contributed by atoms with Crippen LogP contribution in [0.15, 0.2) is 6.20 Å². The van der Waals surface area contributed by atoms with Crippen molar-refractivity contribution in [3.63, 3.8) is 0 Å². The van der Waals surface area contributed by atoms with Gasteiger partial charge in [0.1, 0.15) is 5.02 Å². The fourth-order valence-electron chi connectivity index (χ4n) is 1.43. The number of hydrazine groups is 1. The van der Waals surface area contributed by atoms with Gasteiger partial charge in [-0.05, 0) is 27.1 Å². The van der Waals surface area contributed by atoms with Crippen molar-refractivity contribution in [2.45, 2.75) is 6.42 Å². The molecule has 17 heavy (non-hydrogen) atoms. The summed E-state index contributed by atoms with van der Waals surface area (Å²) >= 11 is 6.04. The third-order valence-electron chi connectivity index (χ3n) is 2.32. The molecule has 0 aromatic carbocycles. The Kier molecular flexibility index (Phi) is 5.40. The minimum Gasteiger partial charge on any atom is -0.358 e. The second kappa shape index (κ2) is 6.58. The van der Waals surface area contributed by atoms with Gasteiger partial charge in [0.25, 0.3) is 0 Å². The quantitative estimate of drug-likeness (QED) is 0.581. The highest BCUT2D eigenvalue weighted by Gasteiger charge is 2.09. The van der Waals surface area contributed by atoms with Crippen molar-refractivity contribution in [3.05, 3.63) is 11.2 Å². The molecule has 7 heteroatoms. The van der Waals surface area contributed by atoms with Crippen molar-refractivity contribution in [1.29, 1.82) is 0 Å². The predicted molar refractivity (Wildman–Crippen MR) is 71.3 cm³/mol. The molecule has 96 valence electrons. The largest absolute Gasteiger partial charge is 0.358 e. The zero-order valence-electron chi connectivity index (χ0n) is 10.4. The molecular weight excluding hydrogens is 240 g/mol. The number of anilines is 2. The molecule has 0 bridgehead atoms. The molecule has 1 aromatic rings. The smallest absolute Gasteiger partial charge is 0.239 e. The number of rotatable bonds is 6. The lowest BCUT2D eigenvalue weighted by molar-refractivity contribution is 0.401. The molecule has 3 N–H and O–H groups in total. The van der Waals surface area contributed by atoms with E-state index in [-0.39, 0.29) is 0 Å². The topological polar surface area (TPSA) is 70.3 Å². The SMILES string of the molecule is CN(C)CCCN(C)c1nc(NN)ncc1Cl. The Labute approximate surface area is 107 Å². The van der Waals surface area contributed by atoms with Crippen LogP contribution in [0.25, 0.3) is 0 Å². The van der Waals surface area contributed by atoms with Crippen LogP contribution < -0.4 is 16.2 Å². The summed E-state index contributed by atoms with van der Waals surface area (Å²) in [5.74, 6) is 6.32. The van der Waals surface area contributed by atoms with Gasteiger partial charge in [-0.3, -0.25) is 5.43 Å². The third-order valence-corrected chi connectivity index (χ3v) is 2.58. The van der Waals surface area contributed by atoms with Crippen molar-refractivity contribution in [3.8, 4) is 0 Å². The van der Waals surface area contributed by atoms with Gasteiger partial charge in [-0.1, -0.05) is 11.6 Å². The molecule has 0 atom stereocenters. The number of nitrogens with zero attached hydrogens (tertiary/aromatic N) is 4. The molecule has 0 saturated heterocycles. The Bertz CT molecular complexity index is 357. The molecule has 0 radical (unpaired) electrons. The van der Waals surface area contributed by atoms with Crippen LogP contribution in [0.4, 0.5) is 11.8 Å². The molecule has 0 fully saturated rings. The van der Waals surface area contributed by atoms with Gasteiger partial charge in [-0.15, -0.1) is 0 Å². The summed E-state index contributed by atoms with van der Waals surface area (Å²) in [4.78, 5) is 12.3. The first-order chi connectivity index (χ1) is 8.04. The van der Waals surface area contributed by atoms with Crippen LogP contribution in [0.3, 0.4) is 0 Å². The lowest BCUT2D eigenvalue weighted by atomic mass is 10.3. The maximum Gasteiger partial charge on any atom is 0.239 e. The summed E-state index contributed by atoms with van der Waals surface area (Å²) in [7, 11) is 6.05. The molecule has 1 rings (SSSR count). The Morgan fingerprint density at radius 1 is 1.35 bits per heavy atom. The maximum absolute atomic E-state index is 6.04. The summed E-state index contributed by atoms with van der Waals surface area (Å²) in [5.41, 5.74) is 2.41. The molecule has 1 aromatic heterocycles. The number of nitrogens with two attached hydrogens (primary N) is 1. The van der Waals surface area contributed by atoms with Gasteiger partial charge in [0, 0.05) is 13.6 Å². The summed E-state index contributed by atoms with van der Waals surface area (Å²) < 4.78 is 0. The van der Waals surface area contributed by atoms with E-state index in [1.165, 1.54) is 0 Å². The van der Waals surface area contributed by atoms with Gasteiger partial charge in [0.05, 0.1) is 6.20 Å². The first-order valence-electron chi connectivity index (χ1n) is 5.39. The van der Waals surface area contributed by atoms with E-state index in [1.807, 2.05) is 26.0 Å². The van der Waals surface area contributed by atoms with Crippen molar-refractivity contribution < 1.29 is 0 Å². The highest BCUT2D eigenvalue weighted by molar-refractivity contribution is 6.32. The fraction of sp³-hybridized carbons (Fsp3) is 0.600. The highest BCUT2D eigenvalue weighted by Crippen LogP contribution is 2.22. The maximum atomic E-state index is 6.04. The number of hydrogen-bond donors (Lipinski definition) is 2. The zero-order chi connectivity index (χ0) is 12.8. The third kappa shape index (κ3) is 4.33. The van der Waals surface area contributed by atoms with Crippen LogP contribution in [-0.4, -0.2) is 49.1 Å². The number of aromatic nitrogens is 2.